The highest BCUT2D eigenvalue weighted by atomic mass is 16.5. The number of hydrogen-bond acceptors (Lipinski definition) is 5. The number of ether oxygens (including phenoxy) is 1. The van der Waals surface area contributed by atoms with Crippen molar-refractivity contribution in [2.24, 2.45) is 0 Å². The van der Waals surface area contributed by atoms with Crippen LogP contribution in [0.5, 0.6) is 0 Å². The zero-order chi connectivity index (χ0) is 22.4. The van der Waals surface area contributed by atoms with Gasteiger partial charge in [0, 0.05) is 51.2 Å². The third kappa shape index (κ3) is 6.24. The molecule has 8 nitrogen and oxygen atoms in total. The van der Waals surface area contributed by atoms with Crippen LogP contribution in [0, 0.1) is 0 Å². The first-order valence-corrected chi connectivity index (χ1v) is 10.7. The van der Waals surface area contributed by atoms with Crippen LogP contribution in [0.1, 0.15) is 42.8 Å². The Morgan fingerprint density at radius 1 is 1.23 bits per heavy atom. The molecule has 2 aromatic rings. The van der Waals surface area contributed by atoms with E-state index in [4.69, 9.17) is 9.15 Å². The Balaban J connectivity index is 1.83. The van der Waals surface area contributed by atoms with E-state index in [0.29, 0.717) is 18.8 Å². The zero-order valence-electron chi connectivity index (χ0n) is 18.7. The van der Waals surface area contributed by atoms with Crippen LogP contribution in [0.2, 0.25) is 0 Å². The minimum atomic E-state index is -0.317. The largest absolute Gasteiger partial charge is 0.459 e. The average molecular weight is 429 g/mol. The number of nitrogens with one attached hydrogen (secondary N) is 2. The molecule has 0 radical (unpaired) electrons. The molecule has 1 aromatic carbocycles. The number of amides is 3. The highest BCUT2D eigenvalue weighted by molar-refractivity contribution is 6.02. The van der Waals surface area contributed by atoms with E-state index in [9.17, 15) is 9.59 Å². The molecule has 3 rings (SSSR count). The van der Waals surface area contributed by atoms with Crippen molar-refractivity contribution in [3.63, 3.8) is 0 Å². The maximum Gasteiger partial charge on any atom is 0.317 e. The summed E-state index contributed by atoms with van der Waals surface area (Å²) in [6.45, 7) is 5.54. The van der Waals surface area contributed by atoms with Gasteiger partial charge in [0.2, 0.25) is 0 Å². The summed E-state index contributed by atoms with van der Waals surface area (Å²) in [5.41, 5.74) is 2.55. The number of rotatable bonds is 8. The molecule has 1 aliphatic rings. The molecule has 1 fully saturated rings. The lowest BCUT2D eigenvalue weighted by Crippen LogP contribution is -2.45. The molecular weight excluding hydrogens is 396 g/mol. The summed E-state index contributed by atoms with van der Waals surface area (Å²) < 4.78 is 10.9. The molecule has 1 aliphatic heterocycles. The second-order valence-electron chi connectivity index (χ2n) is 8.29. The Hall–Kier alpha value is -3.00. The van der Waals surface area contributed by atoms with Gasteiger partial charge in [-0.2, -0.15) is 0 Å². The average Bonchev–Trinajstić information content (AvgIpc) is 3.41. The van der Waals surface area contributed by atoms with E-state index < -0.39 is 0 Å². The van der Waals surface area contributed by atoms with Crippen LogP contribution in [0.15, 0.2) is 41.0 Å². The highest BCUT2D eigenvalue weighted by Crippen LogP contribution is 2.26. The fraction of sp³-hybridized carbons (Fsp3) is 0.478. The molecule has 0 saturated carbocycles. The Bertz CT molecular complexity index is 874. The van der Waals surface area contributed by atoms with E-state index in [1.54, 1.807) is 17.0 Å². The van der Waals surface area contributed by atoms with E-state index in [0.717, 1.165) is 30.7 Å². The van der Waals surface area contributed by atoms with Crippen molar-refractivity contribution in [3.05, 3.63) is 47.9 Å². The van der Waals surface area contributed by atoms with Gasteiger partial charge in [0.25, 0.3) is 5.91 Å². The molecule has 2 N–H and O–H groups in total. The molecule has 31 heavy (non-hydrogen) atoms. The van der Waals surface area contributed by atoms with Gasteiger partial charge >= 0.3 is 6.03 Å². The summed E-state index contributed by atoms with van der Waals surface area (Å²) in [4.78, 5) is 29.1. The Kier molecular flexibility index (Phi) is 7.57. The maximum atomic E-state index is 12.9. The van der Waals surface area contributed by atoms with Crippen molar-refractivity contribution >= 4 is 23.3 Å². The van der Waals surface area contributed by atoms with Gasteiger partial charge < -0.3 is 29.6 Å². The standard InChI is InChI=1S/C23H32N4O4/c1-16(2)24-23(29)27(15-19-7-5-11-30-19)14-17-13-18(9-10-20(17)26(3)4)25-22(28)21-8-6-12-31-21/h6,8-10,12-13,16,19H,5,7,11,14-15H2,1-4H3,(H,24,29)(H,25,28)/t19-/m0/s1. The Morgan fingerprint density at radius 3 is 2.65 bits per heavy atom. The normalized spacial score (nSPS) is 15.7. The van der Waals surface area contributed by atoms with Gasteiger partial charge in [-0.05, 0) is 62.6 Å². The molecule has 3 amide bonds. The first-order chi connectivity index (χ1) is 14.8. The van der Waals surface area contributed by atoms with Crippen LogP contribution >= 0.6 is 0 Å². The summed E-state index contributed by atoms with van der Waals surface area (Å²) in [6, 6.07) is 8.89. The smallest absolute Gasteiger partial charge is 0.317 e. The lowest BCUT2D eigenvalue weighted by atomic mass is 10.1. The highest BCUT2D eigenvalue weighted by Gasteiger charge is 2.24. The zero-order valence-corrected chi connectivity index (χ0v) is 18.7. The van der Waals surface area contributed by atoms with Gasteiger partial charge in [-0.15, -0.1) is 0 Å². The Morgan fingerprint density at radius 2 is 2.03 bits per heavy atom. The lowest BCUT2D eigenvalue weighted by Gasteiger charge is -2.29. The second-order valence-corrected chi connectivity index (χ2v) is 8.29. The van der Waals surface area contributed by atoms with Crippen LogP contribution in [0.25, 0.3) is 0 Å². The number of carbonyl (C=O) groups excluding carboxylic acids is 2. The molecule has 0 unspecified atom stereocenters. The van der Waals surface area contributed by atoms with Crippen molar-refractivity contribution in [1.29, 1.82) is 0 Å². The topological polar surface area (TPSA) is 87.1 Å². The number of carbonyl (C=O) groups is 2. The number of anilines is 2. The third-order valence-corrected chi connectivity index (χ3v) is 5.07. The fourth-order valence-electron chi connectivity index (χ4n) is 3.62. The van der Waals surface area contributed by atoms with E-state index in [1.807, 2.05) is 51.0 Å². The first kappa shape index (κ1) is 22.7. The van der Waals surface area contributed by atoms with Gasteiger partial charge in [0.05, 0.1) is 12.4 Å². The van der Waals surface area contributed by atoms with Gasteiger partial charge in [-0.25, -0.2) is 4.79 Å². The molecule has 0 spiro atoms. The third-order valence-electron chi connectivity index (χ3n) is 5.07. The predicted molar refractivity (Wildman–Crippen MR) is 120 cm³/mol. The van der Waals surface area contributed by atoms with Crippen molar-refractivity contribution in [2.75, 3.05) is 37.5 Å². The number of hydrogen-bond donors (Lipinski definition) is 2. The quantitative estimate of drug-likeness (QED) is 0.670. The molecule has 2 heterocycles. The molecule has 1 atom stereocenters. The summed E-state index contributed by atoms with van der Waals surface area (Å²) >= 11 is 0. The summed E-state index contributed by atoms with van der Waals surface area (Å²) in [5.74, 6) is -0.0723. The van der Waals surface area contributed by atoms with Crippen molar-refractivity contribution in [1.82, 2.24) is 10.2 Å². The molecule has 1 aromatic heterocycles. The van der Waals surface area contributed by atoms with Crippen LogP contribution in [0.4, 0.5) is 16.2 Å². The first-order valence-electron chi connectivity index (χ1n) is 10.7. The fourth-order valence-corrected chi connectivity index (χ4v) is 3.62. The number of benzene rings is 1. The molecular formula is C23H32N4O4. The van der Waals surface area contributed by atoms with Crippen molar-refractivity contribution < 1.29 is 18.7 Å². The van der Waals surface area contributed by atoms with E-state index in [-0.39, 0.29) is 29.8 Å². The minimum absolute atomic E-state index is 0.0340. The number of urea groups is 1. The predicted octanol–water partition coefficient (Wildman–Crippen LogP) is 3.70. The maximum absolute atomic E-state index is 12.9. The lowest BCUT2D eigenvalue weighted by molar-refractivity contribution is 0.0791. The molecule has 168 valence electrons. The number of furan rings is 1. The monoisotopic (exact) mass is 428 g/mol. The summed E-state index contributed by atoms with van der Waals surface area (Å²) in [6.07, 6.45) is 3.47. The van der Waals surface area contributed by atoms with Crippen molar-refractivity contribution in [2.45, 2.75) is 45.4 Å². The van der Waals surface area contributed by atoms with Gasteiger partial charge in [0.1, 0.15) is 0 Å². The summed E-state index contributed by atoms with van der Waals surface area (Å²) in [7, 11) is 3.91. The molecule has 1 saturated heterocycles. The van der Waals surface area contributed by atoms with E-state index in [2.05, 4.69) is 10.6 Å². The minimum Gasteiger partial charge on any atom is -0.459 e. The van der Waals surface area contributed by atoms with Crippen LogP contribution in [-0.2, 0) is 11.3 Å². The summed E-state index contributed by atoms with van der Waals surface area (Å²) in [5, 5.41) is 5.85. The van der Waals surface area contributed by atoms with E-state index >= 15 is 0 Å². The van der Waals surface area contributed by atoms with Crippen LogP contribution < -0.4 is 15.5 Å². The molecule has 0 bridgehead atoms. The molecule has 8 heteroatoms. The van der Waals surface area contributed by atoms with Gasteiger partial charge in [-0.3, -0.25) is 4.79 Å². The van der Waals surface area contributed by atoms with E-state index in [1.165, 1.54) is 6.26 Å². The second kappa shape index (κ2) is 10.3. The van der Waals surface area contributed by atoms with Crippen LogP contribution in [0.3, 0.4) is 0 Å². The Labute approximate surface area is 183 Å². The van der Waals surface area contributed by atoms with Gasteiger partial charge in [-0.1, -0.05) is 0 Å². The number of nitrogens with zero attached hydrogens (tertiary/aromatic N) is 2. The van der Waals surface area contributed by atoms with Crippen molar-refractivity contribution in [3.8, 4) is 0 Å². The van der Waals surface area contributed by atoms with Gasteiger partial charge in [0.15, 0.2) is 5.76 Å². The SMILES string of the molecule is CC(C)NC(=O)N(Cc1cc(NC(=O)c2ccco2)ccc1N(C)C)C[C@@H]1CCCO1. The molecule has 0 aliphatic carbocycles. The van der Waals surface area contributed by atoms with Crippen LogP contribution in [-0.4, -0.2) is 56.2 Å².